The molecule has 0 radical (unpaired) electrons. The van der Waals surface area contributed by atoms with Crippen molar-refractivity contribution in [3.63, 3.8) is 0 Å². The highest BCUT2D eigenvalue weighted by atomic mass is 32.2. The van der Waals surface area contributed by atoms with Crippen LogP contribution in [0, 0.1) is 32.6 Å². The number of sulfonamides is 1. The summed E-state index contributed by atoms with van der Waals surface area (Å²) in [5.41, 5.74) is 16.3. The maximum atomic E-state index is 14.5. The predicted molar refractivity (Wildman–Crippen MR) is 298 cm³/mol. The number of carbonyl (C=O) groups is 6. The van der Waals surface area contributed by atoms with Gasteiger partial charge in [-0.25, -0.2) is 22.7 Å². The van der Waals surface area contributed by atoms with Gasteiger partial charge in [-0.3, -0.25) is 24.2 Å². The number of benzene rings is 4. The Bertz CT molecular complexity index is 2720. The lowest BCUT2D eigenvalue weighted by Gasteiger charge is -2.27. The molecule has 20 nitrogen and oxygen atoms in total. The zero-order chi connectivity index (χ0) is 57.4. The van der Waals surface area contributed by atoms with Crippen molar-refractivity contribution in [2.24, 2.45) is 28.3 Å². The van der Waals surface area contributed by atoms with Crippen LogP contribution in [-0.4, -0.2) is 98.5 Å². The number of unbranched alkanes of at least 4 members (excludes halogenated alkanes) is 1. The number of alkyl carbamates (subject to hydrolysis) is 1. The van der Waals surface area contributed by atoms with Crippen LogP contribution in [0.5, 0.6) is 5.75 Å². The second kappa shape index (κ2) is 31.6. The van der Waals surface area contributed by atoms with E-state index >= 15 is 0 Å². The first-order valence-electron chi connectivity index (χ1n) is 26.3. The minimum absolute atomic E-state index is 0.0112. The summed E-state index contributed by atoms with van der Waals surface area (Å²) in [6.45, 7) is 12.8. The van der Waals surface area contributed by atoms with Gasteiger partial charge in [-0.1, -0.05) is 118 Å². The molecule has 0 spiro atoms. The summed E-state index contributed by atoms with van der Waals surface area (Å²) in [6, 6.07) is 21.7. The van der Waals surface area contributed by atoms with Crippen LogP contribution in [0.4, 0.5) is 4.79 Å². The monoisotopic (exact) mass is 1100 g/mol. The van der Waals surface area contributed by atoms with E-state index in [1.165, 1.54) is 12.1 Å². The molecule has 0 bridgehead atoms. The number of nitrogens with zero attached hydrogens (tertiary/aromatic N) is 1. The lowest BCUT2D eigenvalue weighted by molar-refractivity contribution is -0.149. The molecule has 0 aliphatic carbocycles. The SMILES string of the molecule is Cc1cc(C)c(S(=O)(=O)NC(N)=NCCC[C@H](NC(=O)[C@H](CC(C)C)NC(=O)[C@@H](CCCCNC(=O)OCc2ccccc2)NC(=O)[C@H](N)CC(C)C)C(=O)N[C@@H](Cc2ccc(O)cc2)C(=O)OCc2ccccc2)c(C)c1. The molecule has 424 valence electrons. The number of esters is 1. The first-order valence-corrected chi connectivity index (χ1v) is 27.8. The van der Waals surface area contributed by atoms with Crippen molar-refractivity contribution < 1.29 is 51.8 Å². The second-order valence-corrected chi connectivity index (χ2v) is 21.9. The smallest absolute Gasteiger partial charge is 0.407 e. The van der Waals surface area contributed by atoms with E-state index in [2.05, 4.69) is 36.3 Å². The predicted octanol–water partition coefficient (Wildman–Crippen LogP) is 5.13. The van der Waals surface area contributed by atoms with E-state index in [0.29, 0.717) is 41.5 Å². The highest BCUT2D eigenvalue weighted by Crippen LogP contribution is 2.22. The average Bonchev–Trinajstić information content (AvgIpc) is 3.40. The molecule has 5 amide bonds. The van der Waals surface area contributed by atoms with Gasteiger partial charge in [0.1, 0.15) is 43.1 Å². The van der Waals surface area contributed by atoms with E-state index in [1.54, 1.807) is 62.4 Å². The number of aliphatic imine (C=N–C) groups is 1. The molecule has 4 aromatic carbocycles. The molecule has 0 aromatic heterocycles. The number of phenolic OH excluding ortho intramolecular Hbond substituents is 1. The van der Waals surface area contributed by atoms with Crippen molar-refractivity contribution in [1.29, 1.82) is 0 Å². The molecular weight excluding hydrogens is 1020 g/mol. The lowest BCUT2D eigenvalue weighted by Crippen LogP contribution is -2.59. The van der Waals surface area contributed by atoms with E-state index in [9.17, 15) is 42.3 Å². The van der Waals surface area contributed by atoms with Crippen LogP contribution in [0.15, 0.2) is 107 Å². The lowest BCUT2D eigenvalue weighted by atomic mass is 10.00. The zero-order valence-corrected chi connectivity index (χ0v) is 46.6. The fourth-order valence-electron chi connectivity index (χ4n) is 8.59. The van der Waals surface area contributed by atoms with Gasteiger partial charge >= 0.3 is 12.1 Å². The number of phenols is 1. The van der Waals surface area contributed by atoms with Crippen molar-refractivity contribution in [1.82, 2.24) is 31.3 Å². The van der Waals surface area contributed by atoms with Crippen LogP contribution >= 0.6 is 0 Å². The Morgan fingerprint density at radius 1 is 0.615 bits per heavy atom. The van der Waals surface area contributed by atoms with Crippen LogP contribution in [-0.2, 0) is 63.1 Å². The van der Waals surface area contributed by atoms with Gasteiger partial charge in [0.25, 0.3) is 10.0 Å². The van der Waals surface area contributed by atoms with Crippen molar-refractivity contribution in [2.75, 3.05) is 13.1 Å². The quantitative estimate of drug-likeness (QED) is 0.0142. The zero-order valence-electron chi connectivity index (χ0n) is 45.8. The Hall–Kier alpha value is -7.52. The first-order chi connectivity index (χ1) is 37.0. The summed E-state index contributed by atoms with van der Waals surface area (Å²) in [6.07, 6.45) is 0.611. The number of amides is 5. The number of rotatable bonds is 30. The van der Waals surface area contributed by atoms with E-state index in [-0.39, 0.29) is 80.9 Å². The van der Waals surface area contributed by atoms with Gasteiger partial charge in [-0.05, 0) is 118 Å². The molecule has 11 N–H and O–H groups in total. The first kappa shape index (κ1) is 63.0. The van der Waals surface area contributed by atoms with Crippen LogP contribution in [0.3, 0.4) is 0 Å². The molecular formula is C57H79N9O11S. The number of aromatic hydroxyl groups is 1. The normalized spacial score (nSPS) is 13.5. The summed E-state index contributed by atoms with van der Waals surface area (Å²) in [5.74, 6) is -4.07. The molecule has 0 unspecified atom stereocenters. The fourth-order valence-corrected chi connectivity index (χ4v) is 9.99. The molecule has 4 aromatic rings. The minimum Gasteiger partial charge on any atom is -0.508 e. The molecule has 5 atom stereocenters. The van der Waals surface area contributed by atoms with Crippen molar-refractivity contribution in [3.8, 4) is 5.75 Å². The highest BCUT2D eigenvalue weighted by molar-refractivity contribution is 7.90. The molecule has 0 saturated carbocycles. The molecule has 0 aliphatic heterocycles. The second-order valence-electron chi connectivity index (χ2n) is 20.3. The number of guanidine groups is 1. The topological polar surface area (TPSA) is 312 Å². The van der Waals surface area contributed by atoms with Gasteiger partial charge in [0.2, 0.25) is 29.6 Å². The molecule has 0 saturated heterocycles. The number of nitrogens with one attached hydrogen (secondary N) is 6. The van der Waals surface area contributed by atoms with Crippen molar-refractivity contribution >= 4 is 51.7 Å². The van der Waals surface area contributed by atoms with Gasteiger partial charge < -0.3 is 52.6 Å². The van der Waals surface area contributed by atoms with E-state index < -0.39 is 81.9 Å². The standard InChI is InChI=1S/C57H79N9O11S/c1-36(2)29-45(58)51(68)62-46(21-14-15-27-61-57(73)77-35-43-19-12-9-13-20-43)52(69)64-48(30-37(3)4)54(71)63-47(22-16-28-60-56(59)66-78(74,75)50-39(6)31-38(5)32-40(50)7)53(70)65-49(33-41-23-25-44(67)26-24-41)55(72)76-34-42-17-10-8-11-18-42/h8-13,17-20,23-26,31-32,36-37,45-49,67H,14-16,21-22,27-30,33-35,58H2,1-7H3,(H,61,73)(H,62,68)(H,63,71)(H,64,69)(H,65,70)(H3,59,60,66)/t45-,46-,47+,48+,49+/m1/s1. The third-order valence-corrected chi connectivity index (χ3v) is 14.0. The molecule has 0 fully saturated rings. The molecule has 21 heteroatoms. The minimum atomic E-state index is -4.13. The number of ether oxygens (including phenoxy) is 2. The van der Waals surface area contributed by atoms with E-state index in [1.807, 2.05) is 71.0 Å². The number of hydrogen-bond donors (Lipinski definition) is 9. The maximum Gasteiger partial charge on any atom is 0.407 e. The largest absolute Gasteiger partial charge is 0.508 e. The van der Waals surface area contributed by atoms with E-state index in [0.717, 1.165) is 11.1 Å². The van der Waals surface area contributed by atoms with Gasteiger partial charge in [0.15, 0.2) is 0 Å². The third-order valence-electron chi connectivity index (χ3n) is 12.3. The Labute approximate surface area is 458 Å². The van der Waals surface area contributed by atoms with Crippen molar-refractivity contribution in [2.45, 2.75) is 148 Å². The Balaban J connectivity index is 1.57. The maximum absolute atomic E-state index is 14.5. The van der Waals surface area contributed by atoms with Crippen LogP contribution in [0.25, 0.3) is 0 Å². The average molecular weight is 1100 g/mol. The van der Waals surface area contributed by atoms with Gasteiger partial charge in [-0.2, -0.15) is 0 Å². The Kier molecular flexibility index (Phi) is 25.6. The van der Waals surface area contributed by atoms with Gasteiger partial charge in [0, 0.05) is 19.5 Å². The molecule has 0 heterocycles. The Morgan fingerprint density at radius 2 is 1.12 bits per heavy atom. The molecule has 4 rings (SSSR count). The summed E-state index contributed by atoms with van der Waals surface area (Å²) in [4.78, 5) is 87.2. The summed E-state index contributed by atoms with van der Waals surface area (Å²) in [5, 5.41) is 23.7. The molecule has 0 aliphatic rings. The summed E-state index contributed by atoms with van der Waals surface area (Å²) in [7, 11) is -4.13. The fraction of sp³-hybridized carbons (Fsp3) is 0.456. The van der Waals surface area contributed by atoms with Gasteiger partial charge in [0.05, 0.1) is 10.9 Å². The summed E-state index contributed by atoms with van der Waals surface area (Å²) < 4.78 is 40.1. The highest BCUT2D eigenvalue weighted by Gasteiger charge is 2.33. The number of aryl methyl sites for hydroxylation is 3. The van der Waals surface area contributed by atoms with Crippen LogP contribution in [0.1, 0.15) is 106 Å². The number of carbonyl (C=O) groups excluding carboxylic acids is 6. The molecule has 78 heavy (non-hydrogen) atoms. The summed E-state index contributed by atoms with van der Waals surface area (Å²) >= 11 is 0. The van der Waals surface area contributed by atoms with Crippen molar-refractivity contribution in [3.05, 3.63) is 130 Å². The number of hydrogen-bond acceptors (Lipinski definition) is 13. The van der Waals surface area contributed by atoms with E-state index in [4.69, 9.17) is 20.9 Å². The van der Waals surface area contributed by atoms with Crippen LogP contribution < -0.4 is 42.8 Å². The third kappa shape index (κ3) is 22.2. The van der Waals surface area contributed by atoms with Gasteiger partial charge in [-0.15, -0.1) is 0 Å². The Morgan fingerprint density at radius 3 is 1.68 bits per heavy atom. The number of nitrogens with two attached hydrogens (primary N) is 2. The van der Waals surface area contributed by atoms with Crippen LogP contribution in [0.2, 0.25) is 0 Å².